The number of carbonyl (C=O) groups excluding carboxylic acids is 3. The second-order valence-electron chi connectivity index (χ2n) is 11.2. The highest BCUT2D eigenvalue weighted by atomic mass is 19.4. The maximum atomic E-state index is 13.4. The Balaban J connectivity index is 1.56. The number of aliphatic hydroxyl groups is 1. The number of rotatable bonds is 8. The molecular weight excluding hydrogens is 577 g/mol. The van der Waals surface area contributed by atoms with Crippen LogP contribution in [0.3, 0.4) is 0 Å². The van der Waals surface area contributed by atoms with Crippen molar-refractivity contribution in [1.29, 1.82) is 0 Å². The van der Waals surface area contributed by atoms with Crippen molar-refractivity contribution >= 4 is 40.0 Å². The van der Waals surface area contributed by atoms with Crippen LogP contribution in [-0.4, -0.2) is 77.8 Å². The van der Waals surface area contributed by atoms with Gasteiger partial charge < -0.3 is 30.3 Å². The average Bonchev–Trinajstić information content (AvgIpc) is 3.02. The molecule has 1 heterocycles. The van der Waals surface area contributed by atoms with E-state index in [9.17, 15) is 32.7 Å². The first-order valence-corrected chi connectivity index (χ1v) is 14.4. The van der Waals surface area contributed by atoms with Crippen molar-refractivity contribution in [2.24, 2.45) is 5.92 Å². The first-order valence-electron chi connectivity index (χ1n) is 14.4. The van der Waals surface area contributed by atoms with Gasteiger partial charge in [0, 0.05) is 42.6 Å². The molecule has 3 atom stereocenters. The summed E-state index contributed by atoms with van der Waals surface area (Å²) in [6.45, 7) is 3.76. The number of benzene rings is 3. The number of hydrogen-bond acceptors (Lipinski definition) is 5. The van der Waals surface area contributed by atoms with Crippen molar-refractivity contribution in [2.45, 2.75) is 51.4 Å². The Bertz CT molecular complexity index is 1490. The van der Waals surface area contributed by atoms with Crippen molar-refractivity contribution in [1.82, 2.24) is 9.80 Å². The molecule has 0 saturated heterocycles. The van der Waals surface area contributed by atoms with Crippen molar-refractivity contribution in [2.75, 3.05) is 37.4 Å². The van der Waals surface area contributed by atoms with Crippen LogP contribution in [0.2, 0.25) is 0 Å². The molecule has 0 saturated carbocycles. The minimum absolute atomic E-state index is 0.122. The van der Waals surface area contributed by atoms with Crippen molar-refractivity contribution in [3.63, 3.8) is 0 Å². The Morgan fingerprint density at radius 3 is 2.57 bits per heavy atom. The quantitative estimate of drug-likeness (QED) is 0.313. The number of aliphatic hydroxyl groups excluding tert-OH is 1. The maximum Gasteiger partial charge on any atom is 0.389 e. The highest BCUT2D eigenvalue weighted by molar-refractivity contribution is 6.01. The van der Waals surface area contributed by atoms with Crippen molar-refractivity contribution in [3.8, 4) is 5.75 Å². The Morgan fingerprint density at radius 1 is 1.11 bits per heavy atom. The van der Waals surface area contributed by atoms with Gasteiger partial charge in [0.1, 0.15) is 11.9 Å². The molecule has 0 unspecified atom stereocenters. The molecule has 1 aliphatic heterocycles. The smallest absolute Gasteiger partial charge is 0.389 e. The standard InChI is InChI=1S/C32H37F3N4O5/c1-20-17-39(21(2)19-40)30(42)16-23-15-24(36-29(41)13-14-32(33,34)35)11-12-27(23)44-28(20)18-38(3)31(43)37-26-10-6-8-22-7-4-5-9-25(22)26/h4-12,15,20-21,28,40H,13-14,16-19H2,1-3H3,(H,36,41)(H,37,43)/t20-,21+,28+/m0/s1. The Morgan fingerprint density at radius 2 is 1.84 bits per heavy atom. The highest BCUT2D eigenvalue weighted by Gasteiger charge is 2.32. The van der Waals surface area contributed by atoms with E-state index in [2.05, 4.69) is 10.6 Å². The van der Waals surface area contributed by atoms with Gasteiger partial charge in [0.2, 0.25) is 11.8 Å². The molecule has 0 spiro atoms. The molecule has 0 aliphatic carbocycles. The summed E-state index contributed by atoms with van der Waals surface area (Å²) in [4.78, 5) is 41.9. The number of anilines is 2. The molecule has 3 aromatic rings. The number of amides is 4. The topological polar surface area (TPSA) is 111 Å². The van der Waals surface area contributed by atoms with Gasteiger partial charge in [-0.2, -0.15) is 13.2 Å². The van der Waals surface area contributed by atoms with E-state index in [0.717, 1.165) is 10.8 Å². The van der Waals surface area contributed by atoms with Crippen LogP contribution < -0.4 is 15.4 Å². The molecule has 3 N–H and O–H groups in total. The Kier molecular flexibility index (Phi) is 10.4. The molecule has 1 aliphatic rings. The van der Waals surface area contributed by atoms with Gasteiger partial charge in [-0.05, 0) is 36.6 Å². The molecule has 236 valence electrons. The summed E-state index contributed by atoms with van der Waals surface area (Å²) in [5, 5.41) is 17.2. The summed E-state index contributed by atoms with van der Waals surface area (Å²) in [6, 6.07) is 17.0. The van der Waals surface area contributed by atoms with Crippen LogP contribution in [0, 0.1) is 5.92 Å². The van der Waals surface area contributed by atoms with E-state index >= 15 is 0 Å². The fourth-order valence-corrected chi connectivity index (χ4v) is 5.10. The zero-order valence-corrected chi connectivity index (χ0v) is 24.9. The third kappa shape index (κ3) is 8.40. The second kappa shape index (κ2) is 14.0. The number of likely N-dealkylation sites (N-methyl/N-ethyl adjacent to an activating group) is 1. The zero-order chi connectivity index (χ0) is 32.0. The number of hydrogen-bond donors (Lipinski definition) is 3. The Hall–Kier alpha value is -4.32. The van der Waals surface area contributed by atoms with Crippen molar-refractivity contribution in [3.05, 3.63) is 66.2 Å². The van der Waals surface area contributed by atoms with Gasteiger partial charge in [0.15, 0.2) is 0 Å². The summed E-state index contributed by atoms with van der Waals surface area (Å²) in [5.41, 5.74) is 1.30. The lowest BCUT2D eigenvalue weighted by Gasteiger charge is -2.34. The SMILES string of the molecule is C[C@H](CO)N1C[C@H](C)[C@@H](CN(C)C(=O)Nc2cccc3ccccc23)Oc2ccc(NC(=O)CCC(F)(F)F)cc2CC1=O. The molecule has 0 aromatic heterocycles. The predicted molar refractivity (Wildman–Crippen MR) is 162 cm³/mol. The summed E-state index contributed by atoms with van der Waals surface area (Å²) >= 11 is 0. The summed E-state index contributed by atoms with van der Waals surface area (Å²) in [7, 11) is 1.64. The Labute approximate surface area is 254 Å². The summed E-state index contributed by atoms with van der Waals surface area (Å²) in [6.07, 6.45) is -7.14. The number of alkyl halides is 3. The third-order valence-corrected chi connectivity index (χ3v) is 7.67. The number of fused-ring (bicyclic) bond motifs is 2. The van der Waals surface area contributed by atoms with Crippen LogP contribution in [0.4, 0.5) is 29.3 Å². The minimum atomic E-state index is -4.46. The molecule has 4 rings (SSSR count). The van der Waals surface area contributed by atoms with Crippen LogP contribution in [0.5, 0.6) is 5.75 Å². The average molecular weight is 615 g/mol. The lowest BCUT2D eigenvalue weighted by molar-refractivity contribution is -0.142. The molecule has 0 bridgehead atoms. The van der Waals surface area contributed by atoms with E-state index in [1.807, 2.05) is 49.4 Å². The first-order chi connectivity index (χ1) is 20.8. The third-order valence-electron chi connectivity index (χ3n) is 7.67. The number of halogens is 3. The van der Waals surface area contributed by atoms with E-state index in [-0.39, 0.29) is 49.7 Å². The molecule has 4 amide bonds. The van der Waals surface area contributed by atoms with E-state index in [1.54, 1.807) is 24.9 Å². The van der Waals surface area contributed by atoms with Gasteiger partial charge in [0.05, 0.1) is 37.7 Å². The van der Waals surface area contributed by atoms with Crippen LogP contribution in [0.25, 0.3) is 10.8 Å². The molecular formula is C32H37F3N4O5. The molecule has 0 fully saturated rings. The normalized spacial score (nSPS) is 17.9. The molecule has 3 aromatic carbocycles. The number of ether oxygens (including phenoxy) is 1. The lowest BCUT2D eigenvalue weighted by Crippen LogP contribution is -2.48. The fourth-order valence-electron chi connectivity index (χ4n) is 5.10. The van der Waals surface area contributed by atoms with Crippen LogP contribution in [0.1, 0.15) is 32.3 Å². The largest absolute Gasteiger partial charge is 0.488 e. The zero-order valence-electron chi connectivity index (χ0n) is 24.9. The number of carbonyl (C=O) groups is 3. The van der Waals surface area contributed by atoms with E-state index in [1.165, 1.54) is 17.0 Å². The monoisotopic (exact) mass is 614 g/mol. The van der Waals surface area contributed by atoms with Gasteiger partial charge >= 0.3 is 12.2 Å². The molecule has 0 radical (unpaired) electrons. The molecule has 12 heteroatoms. The van der Waals surface area contributed by atoms with Gasteiger partial charge in [-0.1, -0.05) is 43.3 Å². The predicted octanol–water partition coefficient (Wildman–Crippen LogP) is 5.43. The highest BCUT2D eigenvalue weighted by Crippen LogP contribution is 2.30. The maximum absolute atomic E-state index is 13.4. The molecule has 9 nitrogen and oxygen atoms in total. The first kappa shape index (κ1) is 32.6. The van der Waals surface area contributed by atoms with Gasteiger partial charge in [-0.25, -0.2) is 4.79 Å². The van der Waals surface area contributed by atoms with Crippen molar-refractivity contribution < 1.29 is 37.4 Å². The second-order valence-corrected chi connectivity index (χ2v) is 11.2. The number of urea groups is 1. The van der Waals surface area contributed by atoms with Crippen LogP contribution >= 0.6 is 0 Å². The van der Waals surface area contributed by atoms with Crippen LogP contribution in [-0.2, 0) is 16.0 Å². The number of nitrogens with one attached hydrogen (secondary N) is 2. The molecule has 44 heavy (non-hydrogen) atoms. The minimum Gasteiger partial charge on any atom is -0.488 e. The summed E-state index contributed by atoms with van der Waals surface area (Å²) in [5.74, 6) is -1.01. The van der Waals surface area contributed by atoms with Gasteiger partial charge in [0.25, 0.3) is 0 Å². The number of nitrogens with zero attached hydrogens (tertiary/aromatic N) is 2. The van der Waals surface area contributed by atoms with Crippen LogP contribution in [0.15, 0.2) is 60.7 Å². The van der Waals surface area contributed by atoms with Gasteiger partial charge in [-0.3, -0.25) is 9.59 Å². The van der Waals surface area contributed by atoms with E-state index in [4.69, 9.17) is 4.74 Å². The van der Waals surface area contributed by atoms with Gasteiger partial charge in [-0.15, -0.1) is 0 Å². The lowest BCUT2D eigenvalue weighted by atomic mass is 10.0. The van der Waals surface area contributed by atoms with E-state index in [0.29, 0.717) is 17.0 Å². The fraction of sp³-hybridized carbons (Fsp3) is 0.406. The summed E-state index contributed by atoms with van der Waals surface area (Å²) < 4.78 is 44.1. The van der Waals surface area contributed by atoms with E-state index < -0.39 is 37.1 Å².